The smallest absolute Gasteiger partial charge is 0.149 e. The second kappa shape index (κ2) is 4.70. The van der Waals surface area contributed by atoms with Crippen molar-refractivity contribution in [2.24, 2.45) is 5.92 Å². The van der Waals surface area contributed by atoms with Crippen molar-refractivity contribution in [2.45, 2.75) is 20.8 Å². The van der Waals surface area contributed by atoms with Crippen molar-refractivity contribution in [1.82, 2.24) is 0 Å². The van der Waals surface area contributed by atoms with Crippen molar-refractivity contribution in [3.63, 3.8) is 0 Å². The van der Waals surface area contributed by atoms with Crippen molar-refractivity contribution in [3.8, 4) is 5.75 Å². The molecule has 0 unspecified atom stereocenters. The fourth-order valence-corrected chi connectivity index (χ4v) is 1.21. The number of nitrogens with two attached hydrogens (primary N) is 1. The Morgan fingerprint density at radius 2 is 2.00 bits per heavy atom. The van der Waals surface area contributed by atoms with Gasteiger partial charge in [-0.2, -0.15) is 0 Å². The molecule has 0 aromatic heterocycles. The number of para-hydroxylation sites is 2. The van der Waals surface area contributed by atoms with E-state index < -0.39 is 0 Å². The van der Waals surface area contributed by atoms with Gasteiger partial charge in [-0.15, -0.1) is 0 Å². The fourth-order valence-electron chi connectivity index (χ4n) is 1.21. The van der Waals surface area contributed by atoms with E-state index in [1.807, 2.05) is 37.3 Å². The van der Waals surface area contributed by atoms with Gasteiger partial charge in [0.1, 0.15) is 11.5 Å². The van der Waals surface area contributed by atoms with Crippen LogP contribution in [0, 0.1) is 5.92 Å². The fraction of sp³-hybridized carbons (Fsp3) is 0.333. The molecule has 0 spiro atoms. The van der Waals surface area contributed by atoms with E-state index in [0.29, 0.717) is 11.6 Å². The minimum Gasteiger partial charge on any atom is -0.460 e. The van der Waals surface area contributed by atoms with Gasteiger partial charge in [0.05, 0.1) is 5.69 Å². The molecule has 0 saturated heterocycles. The number of hydrogen-bond donors (Lipinski definition) is 1. The van der Waals surface area contributed by atoms with Crippen LogP contribution in [0.1, 0.15) is 20.8 Å². The first-order chi connectivity index (χ1) is 6.65. The van der Waals surface area contributed by atoms with Gasteiger partial charge in [0.15, 0.2) is 0 Å². The van der Waals surface area contributed by atoms with Gasteiger partial charge in [0, 0.05) is 5.92 Å². The highest BCUT2D eigenvalue weighted by molar-refractivity contribution is 5.52. The number of nitrogen functional groups attached to an aromatic ring is 1. The molecule has 1 aromatic rings. The normalized spacial score (nSPS) is 11.9. The molecule has 0 bridgehead atoms. The van der Waals surface area contributed by atoms with E-state index in [0.717, 1.165) is 11.5 Å². The van der Waals surface area contributed by atoms with E-state index in [9.17, 15) is 0 Å². The third kappa shape index (κ3) is 2.52. The Hall–Kier alpha value is -1.44. The molecule has 0 heterocycles. The predicted octanol–water partition coefficient (Wildman–Crippen LogP) is 3.21. The van der Waals surface area contributed by atoms with Gasteiger partial charge in [0.25, 0.3) is 0 Å². The van der Waals surface area contributed by atoms with Crippen molar-refractivity contribution in [3.05, 3.63) is 36.1 Å². The lowest BCUT2D eigenvalue weighted by molar-refractivity contribution is 0.369. The molecule has 0 atom stereocenters. The van der Waals surface area contributed by atoms with Gasteiger partial charge in [-0.25, -0.2) is 0 Å². The molecule has 1 rings (SSSR count). The minimum absolute atomic E-state index is 0.375. The largest absolute Gasteiger partial charge is 0.460 e. The Morgan fingerprint density at radius 1 is 1.36 bits per heavy atom. The second-order valence-electron chi connectivity index (χ2n) is 3.49. The van der Waals surface area contributed by atoms with Gasteiger partial charge in [0.2, 0.25) is 0 Å². The van der Waals surface area contributed by atoms with Crippen LogP contribution in [-0.2, 0) is 0 Å². The molecule has 0 radical (unpaired) electrons. The van der Waals surface area contributed by atoms with Crippen LogP contribution >= 0.6 is 0 Å². The quantitative estimate of drug-likeness (QED) is 0.588. The van der Waals surface area contributed by atoms with Gasteiger partial charge in [-0.3, -0.25) is 0 Å². The summed E-state index contributed by atoms with van der Waals surface area (Å²) in [5.41, 5.74) is 6.45. The standard InChI is InChI=1S/C12H17NO/c1-4-11(9(2)3)14-12-8-6-5-7-10(12)13/h4-9H,13H2,1-3H3/b11-4+. The summed E-state index contributed by atoms with van der Waals surface area (Å²) in [5.74, 6) is 2.05. The monoisotopic (exact) mass is 191 g/mol. The zero-order valence-electron chi connectivity index (χ0n) is 8.95. The lowest BCUT2D eigenvalue weighted by Crippen LogP contribution is -2.04. The lowest BCUT2D eigenvalue weighted by Gasteiger charge is -2.14. The maximum atomic E-state index is 5.77. The van der Waals surface area contributed by atoms with E-state index in [1.54, 1.807) is 0 Å². The van der Waals surface area contributed by atoms with Crippen molar-refractivity contribution < 1.29 is 4.74 Å². The highest BCUT2D eigenvalue weighted by Crippen LogP contribution is 2.24. The Balaban J connectivity index is 2.83. The molecule has 2 nitrogen and oxygen atoms in total. The first-order valence-electron chi connectivity index (χ1n) is 4.83. The van der Waals surface area contributed by atoms with Gasteiger partial charge >= 0.3 is 0 Å². The third-order valence-corrected chi connectivity index (χ3v) is 2.00. The van der Waals surface area contributed by atoms with E-state index in [-0.39, 0.29) is 0 Å². The van der Waals surface area contributed by atoms with Crippen LogP contribution < -0.4 is 10.5 Å². The molecule has 0 aliphatic carbocycles. The third-order valence-electron chi connectivity index (χ3n) is 2.00. The topological polar surface area (TPSA) is 35.2 Å². The first kappa shape index (κ1) is 10.6. The number of anilines is 1. The summed E-state index contributed by atoms with van der Waals surface area (Å²) in [6, 6.07) is 7.52. The number of benzene rings is 1. The average Bonchev–Trinajstić information content (AvgIpc) is 2.16. The molecule has 2 N–H and O–H groups in total. The van der Waals surface area contributed by atoms with Crippen LogP contribution in [0.15, 0.2) is 36.1 Å². The number of allylic oxidation sites excluding steroid dienone is 2. The number of rotatable bonds is 3. The first-order valence-corrected chi connectivity index (χ1v) is 4.83. The maximum absolute atomic E-state index is 5.77. The average molecular weight is 191 g/mol. The molecule has 0 fully saturated rings. The molecule has 0 aliphatic rings. The molecule has 0 saturated carbocycles. The van der Waals surface area contributed by atoms with Gasteiger partial charge < -0.3 is 10.5 Å². The number of hydrogen-bond acceptors (Lipinski definition) is 2. The summed E-state index contributed by atoms with van der Waals surface area (Å²) >= 11 is 0. The Kier molecular flexibility index (Phi) is 3.57. The van der Waals surface area contributed by atoms with Crippen LogP contribution in [0.4, 0.5) is 5.69 Å². The summed E-state index contributed by atoms with van der Waals surface area (Å²) in [7, 11) is 0. The molecular formula is C12H17NO. The highest BCUT2D eigenvalue weighted by Gasteiger charge is 2.06. The van der Waals surface area contributed by atoms with Gasteiger partial charge in [-0.1, -0.05) is 26.0 Å². The minimum atomic E-state index is 0.375. The van der Waals surface area contributed by atoms with Crippen molar-refractivity contribution in [2.75, 3.05) is 5.73 Å². The second-order valence-corrected chi connectivity index (χ2v) is 3.49. The zero-order valence-corrected chi connectivity index (χ0v) is 8.95. The van der Waals surface area contributed by atoms with Crippen LogP contribution in [0.25, 0.3) is 0 Å². The lowest BCUT2D eigenvalue weighted by atomic mass is 10.1. The Labute approximate surface area is 85.4 Å². The van der Waals surface area contributed by atoms with Crippen LogP contribution in [0.5, 0.6) is 5.75 Å². The summed E-state index contributed by atoms with van der Waals surface area (Å²) < 4.78 is 5.69. The highest BCUT2D eigenvalue weighted by atomic mass is 16.5. The predicted molar refractivity (Wildman–Crippen MR) is 60.1 cm³/mol. The van der Waals surface area contributed by atoms with Gasteiger partial charge in [-0.05, 0) is 25.1 Å². The van der Waals surface area contributed by atoms with E-state index in [1.165, 1.54) is 0 Å². The van der Waals surface area contributed by atoms with E-state index in [2.05, 4.69) is 13.8 Å². The van der Waals surface area contributed by atoms with Crippen LogP contribution in [0.2, 0.25) is 0 Å². The summed E-state index contributed by atoms with van der Waals surface area (Å²) in [5, 5.41) is 0. The zero-order chi connectivity index (χ0) is 10.6. The van der Waals surface area contributed by atoms with E-state index >= 15 is 0 Å². The molecule has 0 aliphatic heterocycles. The summed E-state index contributed by atoms with van der Waals surface area (Å²) in [6.45, 7) is 6.15. The summed E-state index contributed by atoms with van der Waals surface area (Å²) in [6.07, 6.45) is 1.97. The van der Waals surface area contributed by atoms with Crippen molar-refractivity contribution in [1.29, 1.82) is 0 Å². The molecule has 76 valence electrons. The molecule has 14 heavy (non-hydrogen) atoms. The summed E-state index contributed by atoms with van der Waals surface area (Å²) in [4.78, 5) is 0. The molecule has 2 heteroatoms. The Morgan fingerprint density at radius 3 is 2.50 bits per heavy atom. The van der Waals surface area contributed by atoms with Crippen LogP contribution in [0.3, 0.4) is 0 Å². The van der Waals surface area contributed by atoms with Crippen LogP contribution in [-0.4, -0.2) is 0 Å². The van der Waals surface area contributed by atoms with Crippen molar-refractivity contribution >= 4 is 5.69 Å². The number of ether oxygens (including phenoxy) is 1. The van der Waals surface area contributed by atoms with E-state index in [4.69, 9.17) is 10.5 Å². The molecular weight excluding hydrogens is 174 g/mol. The Bertz CT molecular complexity index is 329. The molecule has 1 aromatic carbocycles. The SMILES string of the molecule is C/C=C(/Oc1ccccc1N)C(C)C. The molecule has 0 amide bonds. The maximum Gasteiger partial charge on any atom is 0.149 e.